The van der Waals surface area contributed by atoms with Crippen LogP contribution in [0.2, 0.25) is 10.0 Å². The first kappa shape index (κ1) is 44.7. The number of carbonyl (C=O) groups is 1. The van der Waals surface area contributed by atoms with Gasteiger partial charge in [-0.25, -0.2) is 0 Å². The molecule has 4 atom stereocenters. The molecule has 0 fully saturated rings. The van der Waals surface area contributed by atoms with E-state index in [1.807, 2.05) is 121 Å². The highest BCUT2D eigenvalue weighted by molar-refractivity contribution is 6.30. The van der Waals surface area contributed by atoms with Crippen molar-refractivity contribution in [2.24, 2.45) is 0 Å². The van der Waals surface area contributed by atoms with E-state index in [9.17, 15) is 9.90 Å². The Kier molecular flexibility index (Phi) is 15.3. The predicted molar refractivity (Wildman–Crippen MR) is 248 cm³/mol. The van der Waals surface area contributed by atoms with Crippen LogP contribution in [0.25, 0.3) is 0 Å². The third-order valence-corrected chi connectivity index (χ3v) is 11.4. The zero-order valence-corrected chi connectivity index (χ0v) is 36.9. The number of hydrogen-bond acceptors (Lipinski definition) is 7. The topological polar surface area (TPSA) is 83.5 Å². The maximum Gasteiger partial charge on any atom is 0.307 e. The summed E-state index contributed by atoms with van der Waals surface area (Å²) in [5.41, 5.74) is 8.74. The van der Waals surface area contributed by atoms with Crippen LogP contribution >= 0.6 is 23.2 Å². The van der Waals surface area contributed by atoms with Crippen LogP contribution in [-0.4, -0.2) is 24.8 Å². The summed E-state index contributed by atoms with van der Waals surface area (Å²) in [7, 11) is 1.39. The van der Waals surface area contributed by atoms with E-state index in [2.05, 4.69) is 35.8 Å². The normalized spacial score (nSPS) is 15.2. The lowest BCUT2D eigenvalue weighted by atomic mass is 9.96. The van der Waals surface area contributed by atoms with Gasteiger partial charge in [0.15, 0.2) is 0 Å². The van der Waals surface area contributed by atoms with Gasteiger partial charge in [0, 0.05) is 22.9 Å². The number of aliphatic hydroxyl groups excluding tert-OH is 1. The monoisotopic (exact) mass is 878 g/mol. The summed E-state index contributed by atoms with van der Waals surface area (Å²) in [5, 5.41) is 10.9. The minimum Gasteiger partial charge on any atom is -0.489 e. The van der Waals surface area contributed by atoms with Gasteiger partial charge in [-0.3, -0.25) is 4.79 Å². The van der Waals surface area contributed by atoms with Crippen molar-refractivity contribution in [1.29, 1.82) is 0 Å². The maximum atomic E-state index is 11.7. The number of carbonyl (C=O) groups excluding carboxylic acids is 1. The quantitative estimate of drug-likeness (QED) is 0.0914. The van der Waals surface area contributed by atoms with Crippen LogP contribution in [0.15, 0.2) is 133 Å². The van der Waals surface area contributed by atoms with Gasteiger partial charge in [0.05, 0.1) is 32.0 Å². The molecule has 0 spiro atoms. The largest absolute Gasteiger partial charge is 0.489 e. The van der Waals surface area contributed by atoms with E-state index in [1.165, 1.54) is 18.2 Å². The minimum absolute atomic E-state index is 0.00475. The lowest BCUT2D eigenvalue weighted by molar-refractivity contribution is -0.140. The average molecular weight is 880 g/mol. The summed E-state index contributed by atoms with van der Waals surface area (Å²) in [6, 6.07) is 43.4. The number of ether oxygens (including phenoxy) is 5. The number of rotatable bonds is 13. The molecule has 6 aromatic rings. The van der Waals surface area contributed by atoms with Crippen molar-refractivity contribution in [3.8, 4) is 46.7 Å². The third-order valence-electron chi connectivity index (χ3n) is 10.9. The number of aliphatic hydroxyl groups is 1. The minimum atomic E-state index is -0.276. The lowest BCUT2D eigenvalue weighted by Crippen LogP contribution is -2.07. The van der Waals surface area contributed by atoms with Gasteiger partial charge in [0.2, 0.25) is 0 Å². The molecule has 0 unspecified atom stereocenters. The molecule has 0 aliphatic carbocycles. The summed E-state index contributed by atoms with van der Waals surface area (Å²) in [6.07, 6.45) is 1.91. The Morgan fingerprint density at radius 3 is 1.48 bits per heavy atom. The smallest absolute Gasteiger partial charge is 0.307 e. The maximum absolute atomic E-state index is 11.7. The molecule has 0 radical (unpaired) electrons. The second-order valence-electron chi connectivity index (χ2n) is 15.2. The Bertz CT molecular complexity index is 2600. The SMILES string of the molecule is CC#C[C@@H](CC(=O)OC)c1ccc(OCc2ccc3c(c2)C[C@H](c2ccc(Cl)cc2)O3)cc1.CC#C[C@@H](CO)c1ccc(OCc2ccc3c(c2)C[C@H](c2ccc(Cl)cc2)O3)cc1. The second kappa shape index (κ2) is 21.6. The van der Waals surface area contributed by atoms with Gasteiger partial charge >= 0.3 is 5.97 Å². The summed E-state index contributed by atoms with van der Waals surface area (Å²) in [5.74, 6) is 14.6. The zero-order chi connectivity index (χ0) is 44.1. The van der Waals surface area contributed by atoms with E-state index in [1.54, 1.807) is 13.8 Å². The summed E-state index contributed by atoms with van der Waals surface area (Å²) >= 11 is 12.0. The van der Waals surface area contributed by atoms with Crippen LogP contribution in [0.3, 0.4) is 0 Å². The number of hydrogen-bond donors (Lipinski definition) is 1. The molecule has 0 bridgehead atoms. The standard InChI is InChI=1S/C28H25ClO4.C26H23ClO3/c1-3-4-22(17-28(30)31-2)20-8-12-25(13-9-20)32-18-19-5-14-26-23(15-19)16-27(33-26)21-6-10-24(29)11-7-21;1-2-3-21(16-28)19-7-11-24(12-8-19)29-17-18-4-13-25-22(14-18)15-26(30-25)20-5-9-23(27)10-6-20/h5-15,22,27H,16-18H2,1-2H3;4-14,21,26,28H,15-17H2,1H3/t22-,27+;21-,26+/m00/s1. The van der Waals surface area contributed by atoms with Gasteiger partial charge in [-0.1, -0.05) is 95.7 Å². The van der Waals surface area contributed by atoms with Gasteiger partial charge in [-0.15, -0.1) is 11.8 Å². The molecule has 7 nitrogen and oxygen atoms in total. The Morgan fingerprint density at radius 1 is 0.635 bits per heavy atom. The van der Waals surface area contributed by atoms with Gasteiger partial charge < -0.3 is 28.8 Å². The highest BCUT2D eigenvalue weighted by atomic mass is 35.5. The number of fused-ring (bicyclic) bond motifs is 2. The first-order valence-electron chi connectivity index (χ1n) is 20.8. The van der Waals surface area contributed by atoms with Gasteiger partial charge in [-0.2, -0.15) is 0 Å². The Morgan fingerprint density at radius 2 is 1.06 bits per heavy atom. The number of benzene rings is 6. The fourth-order valence-electron chi connectivity index (χ4n) is 7.52. The molecule has 0 amide bonds. The van der Waals surface area contributed by atoms with Crippen LogP contribution in [-0.2, 0) is 35.6 Å². The first-order chi connectivity index (χ1) is 30.7. The molecule has 0 saturated heterocycles. The summed E-state index contributed by atoms with van der Waals surface area (Å²) < 4.78 is 28.9. The third kappa shape index (κ3) is 12.0. The molecule has 0 aromatic heterocycles. The zero-order valence-electron chi connectivity index (χ0n) is 35.4. The van der Waals surface area contributed by atoms with Crippen molar-refractivity contribution < 1.29 is 33.6 Å². The van der Waals surface area contributed by atoms with Crippen molar-refractivity contribution >= 4 is 29.2 Å². The van der Waals surface area contributed by atoms with Crippen molar-refractivity contribution in [2.75, 3.05) is 13.7 Å². The van der Waals surface area contributed by atoms with Gasteiger partial charge in [0.25, 0.3) is 0 Å². The summed E-state index contributed by atoms with van der Waals surface area (Å²) in [6.45, 7) is 4.49. The van der Waals surface area contributed by atoms with Crippen LogP contribution < -0.4 is 18.9 Å². The number of esters is 1. The van der Waals surface area contributed by atoms with Crippen LogP contribution in [0.5, 0.6) is 23.0 Å². The van der Waals surface area contributed by atoms with Crippen molar-refractivity contribution in [3.05, 3.63) is 188 Å². The fraction of sp³-hybridized carbons (Fsp3) is 0.241. The predicted octanol–water partition coefficient (Wildman–Crippen LogP) is 12.0. The molecule has 6 aromatic carbocycles. The van der Waals surface area contributed by atoms with Crippen molar-refractivity contribution in [3.63, 3.8) is 0 Å². The van der Waals surface area contributed by atoms with Crippen molar-refractivity contribution in [1.82, 2.24) is 0 Å². The molecule has 2 aliphatic heterocycles. The summed E-state index contributed by atoms with van der Waals surface area (Å²) in [4.78, 5) is 11.7. The lowest BCUT2D eigenvalue weighted by Gasteiger charge is -2.12. The molecule has 63 heavy (non-hydrogen) atoms. The molecule has 0 saturated carbocycles. The van der Waals surface area contributed by atoms with E-state index in [4.69, 9.17) is 46.9 Å². The van der Waals surface area contributed by atoms with E-state index in [0.717, 1.165) is 79.3 Å². The van der Waals surface area contributed by atoms with E-state index in [-0.39, 0.29) is 43.0 Å². The van der Waals surface area contributed by atoms with E-state index < -0.39 is 0 Å². The highest BCUT2D eigenvalue weighted by Gasteiger charge is 2.26. The number of methoxy groups -OCH3 is 1. The van der Waals surface area contributed by atoms with Crippen LogP contribution in [0.1, 0.15) is 88.8 Å². The molecule has 1 N–H and O–H groups in total. The Balaban J connectivity index is 0.000000190. The second-order valence-corrected chi connectivity index (χ2v) is 16.1. The van der Waals surface area contributed by atoms with Gasteiger partial charge in [0.1, 0.15) is 48.4 Å². The van der Waals surface area contributed by atoms with Crippen LogP contribution in [0.4, 0.5) is 0 Å². The molecular formula is C54H48Cl2O7. The van der Waals surface area contributed by atoms with Crippen molar-refractivity contribution in [2.45, 2.75) is 70.4 Å². The fourth-order valence-corrected chi connectivity index (χ4v) is 7.77. The number of halogens is 2. The van der Waals surface area contributed by atoms with E-state index in [0.29, 0.717) is 13.2 Å². The molecule has 2 heterocycles. The molecule has 320 valence electrons. The Labute approximate surface area is 379 Å². The molecule has 2 aliphatic rings. The first-order valence-corrected chi connectivity index (χ1v) is 21.5. The average Bonchev–Trinajstić information content (AvgIpc) is 3.95. The molecule has 8 rings (SSSR count). The molecular weight excluding hydrogens is 831 g/mol. The van der Waals surface area contributed by atoms with E-state index >= 15 is 0 Å². The van der Waals surface area contributed by atoms with Crippen LogP contribution in [0, 0.1) is 23.7 Å². The highest BCUT2D eigenvalue weighted by Crippen LogP contribution is 2.39. The molecule has 9 heteroatoms. The van der Waals surface area contributed by atoms with Gasteiger partial charge in [-0.05, 0) is 131 Å². The Hall–Kier alpha value is -6.35.